The maximum atomic E-state index is 13.4. The molecule has 0 aliphatic carbocycles. The minimum atomic E-state index is -0.352. The van der Waals surface area contributed by atoms with E-state index < -0.39 is 0 Å². The fourth-order valence-corrected chi connectivity index (χ4v) is 4.76. The van der Waals surface area contributed by atoms with Crippen LogP contribution in [-0.4, -0.2) is 56.7 Å². The minimum absolute atomic E-state index is 0.0251. The molecule has 0 radical (unpaired) electrons. The first-order chi connectivity index (χ1) is 16.9. The van der Waals surface area contributed by atoms with E-state index in [1.165, 1.54) is 24.3 Å². The highest BCUT2D eigenvalue weighted by molar-refractivity contribution is 6.31. The van der Waals surface area contributed by atoms with E-state index in [4.69, 9.17) is 11.6 Å². The molecule has 0 saturated carbocycles. The molecule has 1 aliphatic rings. The average Bonchev–Trinajstić information content (AvgIpc) is 3.17. The summed E-state index contributed by atoms with van der Waals surface area (Å²) in [5.41, 5.74) is 4.03. The second kappa shape index (κ2) is 9.71. The molecule has 1 fully saturated rings. The highest BCUT2D eigenvalue weighted by atomic mass is 35.5. The van der Waals surface area contributed by atoms with Gasteiger partial charge in [0.05, 0.1) is 5.69 Å². The van der Waals surface area contributed by atoms with Gasteiger partial charge >= 0.3 is 0 Å². The Morgan fingerprint density at radius 1 is 1.00 bits per heavy atom. The summed E-state index contributed by atoms with van der Waals surface area (Å²) in [6, 6.07) is 12.6. The van der Waals surface area contributed by atoms with Crippen LogP contribution in [0.2, 0.25) is 5.02 Å². The lowest BCUT2D eigenvalue weighted by atomic mass is 10.0. The number of nitrogens with zero attached hydrogens (tertiary/aromatic N) is 5. The molecule has 2 aromatic heterocycles. The molecule has 0 spiro atoms. The SMILES string of the molecule is Cc1nn(CC(=O)N2CCN(Cc3ccc(F)cc3Cl)CC2)c2nccc(-c3ccc(F)cc3)c12. The molecule has 1 aliphatic heterocycles. The smallest absolute Gasteiger partial charge is 0.244 e. The van der Waals surface area contributed by atoms with E-state index in [9.17, 15) is 13.6 Å². The van der Waals surface area contributed by atoms with Crippen molar-refractivity contribution in [3.8, 4) is 11.1 Å². The summed E-state index contributed by atoms with van der Waals surface area (Å²) in [6.07, 6.45) is 1.68. The number of hydrogen-bond donors (Lipinski definition) is 0. The molecule has 4 aromatic rings. The van der Waals surface area contributed by atoms with Crippen LogP contribution in [0.3, 0.4) is 0 Å². The third kappa shape index (κ3) is 4.90. The van der Waals surface area contributed by atoms with Crippen molar-refractivity contribution in [2.24, 2.45) is 0 Å². The summed E-state index contributed by atoms with van der Waals surface area (Å²) in [6.45, 7) is 5.16. The van der Waals surface area contributed by atoms with Gasteiger partial charge in [0.1, 0.15) is 18.2 Å². The zero-order valence-corrected chi connectivity index (χ0v) is 20.0. The van der Waals surface area contributed by atoms with Gasteiger partial charge in [-0.25, -0.2) is 18.4 Å². The van der Waals surface area contributed by atoms with E-state index >= 15 is 0 Å². The molecular formula is C26H24ClF2N5O. The van der Waals surface area contributed by atoms with Crippen LogP contribution in [0.25, 0.3) is 22.2 Å². The van der Waals surface area contributed by atoms with Gasteiger partial charge in [0.25, 0.3) is 0 Å². The van der Waals surface area contributed by atoms with Crippen LogP contribution >= 0.6 is 11.6 Å². The van der Waals surface area contributed by atoms with Crippen LogP contribution in [0, 0.1) is 18.6 Å². The van der Waals surface area contributed by atoms with Crippen LogP contribution in [0.15, 0.2) is 54.7 Å². The molecule has 6 nitrogen and oxygen atoms in total. The Bertz CT molecular complexity index is 1380. The monoisotopic (exact) mass is 495 g/mol. The molecule has 0 N–H and O–H groups in total. The minimum Gasteiger partial charge on any atom is -0.339 e. The third-order valence-electron chi connectivity index (χ3n) is 6.38. The van der Waals surface area contributed by atoms with Crippen LogP contribution in [0.5, 0.6) is 0 Å². The van der Waals surface area contributed by atoms with Gasteiger partial charge in [-0.05, 0) is 53.9 Å². The van der Waals surface area contributed by atoms with Gasteiger partial charge in [0, 0.05) is 49.3 Å². The predicted octanol–water partition coefficient (Wildman–Crippen LogP) is 4.68. The van der Waals surface area contributed by atoms with Crippen LogP contribution in [0.1, 0.15) is 11.3 Å². The van der Waals surface area contributed by atoms with Crippen molar-refractivity contribution in [3.63, 3.8) is 0 Å². The molecule has 3 heterocycles. The van der Waals surface area contributed by atoms with Crippen LogP contribution in [0.4, 0.5) is 8.78 Å². The number of rotatable bonds is 5. The number of fused-ring (bicyclic) bond motifs is 1. The van der Waals surface area contributed by atoms with E-state index in [0.29, 0.717) is 43.4 Å². The number of pyridine rings is 1. The van der Waals surface area contributed by atoms with Gasteiger partial charge in [-0.2, -0.15) is 5.10 Å². The number of benzene rings is 2. The van der Waals surface area contributed by atoms with Crippen molar-refractivity contribution in [1.29, 1.82) is 0 Å². The fraction of sp³-hybridized carbons (Fsp3) is 0.269. The van der Waals surface area contributed by atoms with Gasteiger partial charge in [-0.15, -0.1) is 0 Å². The second-order valence-electron chi connectivity index (χ2n) is 8.70. The topological polar surface area (TPSA) is 54.3 Å². The van der Waals surface area contributed by atoms with Crippen LogP contribution < -0.4 is 0 Å². The number of amides is 1. The third-order valence-corrected chi connectivity index (χ3v) is 6.73. The van der Waals surface area contributed by atoms with Gasteiger partial charge in [0.2, 0.25) is 5.91 Å². The van der Waals surface area contributed by atoms with Crippen molar-refractivity contribution >= 4 is 28.5 Å². The Labute approximate surface area is 206 Å². The van der Waals surface area contributed by atoms with Crippen molar-refractivity contribution in [1.82, 2.24) is 24.6 Å². The van der Waals surface area contributed by atoms with Gasteiger partial charge in [0.15, 0.2) is 5.65 Å². The summed E-state index contributed by atoms with van der Waals surface area (Å²) in [4.78, 5) is 21.6. The summed E-state index contributed by atoms with van der Waals surface area (Å²) in [7, 11) is 0. The zero-order valence-electron chi connectivity index (χ0n) is 19.2. The van der Waals surface area contributed by atoms with Crippen molar-refractivity contribution in [2.75, 3.05) is 26.2 Å². The van der Waals surface area contributed by atoms with E-state index in [1.807, 2.05) is 17.9 Å². The van der Waals surface area contributed by atoms with Crippen molar-refractivity contribution in [3.05, 3.63) is 82.6 Å². The van der Waals surface area contributed by atoms with Gasteiger partial charge in [-0.1, -0.05) is 29.8 Å². The molecule has 2 aromatic carbocycles. The molecule has 1 saturated heterocycles. The van der Waals surface area contributed by atoms with E-state index in [1.54, 1.807) is 29.1 Å². The maximum absolute atomic E-state index is 13.4. The molecule has 1 amide bonds. The predicted molar refractivity (Wildman–Crippen MR) is 131 cm³/mol. The fourth-order valence-electron chi connectivity index (χ4n) is 4.54. The number of hydrogen-bond acceptors (Lipinski definition) is 4. The van der Waals surface area contributed by atoms with Crippen molar-refractivity contribution < 1.29 is 13.6 Å². The highest BCUT2D eigenvalue weighted by Gasteiger charge is 2.23. The molecule has 0 atom stereocenters. The highest BCUT2D eigenvalue weighted by Crippen LogP contribution is 2.30. The van der Waals surface area contributed by atoms with Crippen LogP contribution in [-0.2, 0) is 17.9 Å². The molecule has 180 valence electrons. The number of halogens is 3. The zero-order chi connectivity index (χ0) is 24.5. The lowest BCUT2D eigenvalue weighted by Crippen LogP contribution is -2.49. The molecule has 5 rings (SSSR count). The quantitative estimate of drug-likeness (QED) is 0.403. The number of aromatic nitrogens is 3. The summed E-state index contributed by atoms with van der Waals surface area (Å²) in [5.74, 6) is -0.671. The number of carbonyl (C=O) groups is 1. The summed E-state index contributed by atoms with van der Waals surface area (Å²) >= 11 is 6.16. The first-order valence-electron chi connectivity index (χ1n) is 11.4. The lowest BCUT2D eigenvalue weighted by Gasteiger charge is -2.35. The molecule has 35 heavy (non-hydrogen) atoms. The first-order valence-corrected chi connectivity index (χ1v) is 11.8. The molecule has 0 bridgehead atoms. The Hall–Kier alpha value is -3.36. The average molecular weight is 496 g/mol. The largest absolute Gasteiger partial charge is 0.339 e. The normalized spacial score (nSPS) is 14.6. The Balaban J connectivity index is 1.27. The standard InChI is InChI=1S/C26H24ClF2N5O/c1-17-25-22(18-2-5-20(28)6-3-18)8-9-30-26(25)34(31-17)16-24(35)33-12-10-32(11-13-33)15-19-4-7-21(29)14-23(19)27/h2-9,14H,10-13,15-16H2,1H3. The Morgan fingerprint density at radius 3 is 2.43 bits per heavy atom. The number of carbonyl (C=O) groups excluding carboxylic acids is 1. The lowest BCUT2D eigenvalue weighted by molar-refractivity contribution is -0.133. The van der Waals surface area contributed by atoms with Gasteiger partial charge in [-0.3, -0.25) is 9.69 Å². The number of aryl methyl sites for hydroxylation is 1. The summed E-state index contributed by atoms with van der Waals surface area (Å²) in [5, 5.41) is 5.86. The number of piperazine rings is 1. The Morgan fingerprint density at radius 2 is 1.71 bits per heavy atom. The summed E-state index contributed by atoms with van der Waals surface area (Å²) < 4.78 is 28.3. The Kier molecular flexibility index (Phi) is 6.49. The van der Waals surface area contributed by atoms with Gasteiger partial charge < -0.3 is 4.90 Å². The second-order valence-corrected chi connectivity index (χ2v) is 9.11. The maximum Gasteiger partial charge on any atom is 0.244 e. The molecule has 0 unspecified atom stereocenters. The van der Waals surface area contributed by atoms with E-state index in [-0.39, 0.29) is 24.1 Å². The first kappa shape index (κ1) is 23.4. The van der Waals surface area contributed by atoms with Crippen molar-refractivity contribution in [2.45, 2.75) is 20.0 Å². The van der Waals surface area contributed by atoms with E-state index in [0.717, 1.165) is 27.8 Å². The van der Waals surface area contributed by atoms with E-state index in [2.05, 4.69) is 15.0 Å². The molecular weight excluding hydrogens is 472 g/mol. The molecule has 9 heteroatoms.